The van der Waals surface area contributed by atoms with E-state index in [0.717, 1.165) is 12.8 Å². The minimum atomic E-state index is -0.694. The van der Waals surface area contributed by atoms with Gasteiger partial charge in [0.05, 0.1) is 5.41 Å². The highest BCUT2D eigenvalue weighted by molar-refractivity contribution is 5.77. The molecule has 1 saturated carbocycles. The lowest BCUT2D eigenvalue weighted by atomic mass is 10.0. The Balaban J connectivity index is 1.90. The number of carbonyl (C=O) groups is 1. The Morgan fingerprint density at radius 2 is 2.38 bits per heavy atom. The van der Waals surface area contributed by atoms with Gasteiger partial charge < -0.3 is 5.11 Å². The summed E-state index contributed by atoms with van der Waals surface area (Å²) in [5.41, 5.74) is -0.480. The Labute approximate surface area is 74.6 Å². The molecule has 1 N–H and O–H groups in total. The number of hydrogen-bond acceptors (Lipinski definition) is 4. The van der Waals surface area contributed by atoms with Crippen LogP contribution < -0.4 is 0 Å². The predicted octanol–water partition coefficient (Wildman–Crippen LogP) is -0.0720. The van der Waals surface area contributed by atoms with Crippen molar-refractivity contribution < 1.29 is 9.90 Å². The van der Waals surface area contributed by atoms with Gasteiger partial charge in [0.2, 0.25) is 0 Å². The molecule has 1 heterocycles. The number of carboxylic acids is 1. The molecule has 1 aromatic rings. The first-order chi connectivity index (χ1) is 6.23. The van der Waals surface area contributed by atoms with Crippen LogP contribution in [0.1, 0.15) is 19.3 Å². The Bertz CT molecular complexity index is 304. The van der Waals surface area contributed by atoms with Gasteiger partial charge in [-0.3, -0.25) is 4.79 Å². The van der Waals surface area contributed by atoms with Crippen LogP contribution in [0.2, 0.25) is 0 Å². The fourth-order valence-electron chi connectivity index (χ4n) is 1.33. The SMILES string of the molecule is O=C(O)C1(CCn2cnnn2)CC1. The average molecular weight is 182 g/mol. The number of rotatable bonds is 4. The molecule has 6 nitrogen and oxygen atoms in total. The molecule has 6 heteroatoms. The number of nitrogens with zero attached hydrogens (tertiary/aromatic N) is 4. The van der Waals surface area contributed by atoms with Gasteiger partial charge in [0.25, 0.3) is 0 Å². The van der Waals surface area contributed by atoms with E-state index in [4.69, 9.17) is 5.11 Å². The zero-order valence-electron chi connectivity index (χ0n) is 7.05. The van der Waals surface area contributed by atoms with Gasteiger partial charge in [-0.2, -0.15) is 0 Å². The smallest absolute Gasteiger partial charge is 0.309 e. The summed E-state index contributed by atoms with van der Waals surface area (Å²) in [6, 6.07) is 0. The van der Waals surface area contributed by atoms with Crippen LogP contribution >= 0.6 is 0 Å². The maximum absolute atomic E-state index is 10.8. The van der Waals surface area contributed by atoms with Crippen LogP contribution in [0.3, 0.4) is 0 Å². The van der Waals surface area contributed by atoms with E-state index < -0.39 is 11.4 Å². The Hall–Kier alpha value is -1.46. The molecule has 2 rings (SSSR count). The standard InChI is InChI=1S/C7H10N4O2/c12-6(13)7(1-2-7)3-4-11-5-8-9-10-11/h5H,1-4H2,(H,12,13). The van der Waals surface area contributed by atoms with Crippen molar-refractivity contribution in [2.75, 3.05) is 0 Å². The van der Waals surface area contributed by atoms with Gasteiger partial charge in [-0.15, -0.1) is 5.10 Å². The maximum Gasteiger partial charge on any atom is 0.309 e. The second-order valence-corrected chi connectivity index (χ2v) is 3.41. The van der Waals surface area contributed by atoms with Crippen molar-refractivity contribution in [1.29, 1.82) is 0 Å². The van der Waals surface area contributed by atoms with Crippen molar-refractivity contribution in [2.24, 2.45) is 5.41 Å². The van der Waals surface area contributed by atoms with E-state index >= 15 is 0 Å². The number of aliphatic carboxylic acids is 1. The third-order valence-electron chi connectivity index (χ3n) is 2.52. The van der Waals surface area contributed by atoms with Crippen molar-refractivity contribution in [1.82, 2.24) is 20.2 Å². The summed E-state index contributed by atoms with van der Waals surface area (Å²) in [4.78, 5) is 10.8. The van der Waals surface area contributed by atoms with E-state index in [1.807, 2.05) is 0 Å². The fraction of sp³-hybridized carbons (Fsp3) is 0.714. The Morgan fingerprint density at radius 3 is 2.85 bits per heavy atom. The molecule has 0 aliphatic heterocycles. The van der Waals surface area contributed by atoms with E-state index in [9.17, 15) is 4.79 Å². The van der Waals surface area contributed by atoms with E-state index in [2.05, 4.69) is 15.5 Å². The summed E-state index contributed by atoms with van der Waals surface area (Å²) in [6.45, 7) is 0.583. The van der Waals surface area contributed by atoms with Crippen molar-refractivity contribution >= 4 is 5.97 Å². The average Bonchev–Trinajstić information content (AvgIpc) is 2.73. The van der Waals surface area contributed by atoms with Gasteiger partial charge >= 0.3 is 5.97 Å². The molecule has 13 heavy (non-hydrogen) atoms. The van der Waals surface area contributed by atoms with Crippen LogP contribution in [0.4, 0.5) is 0 Å². The highest BCUT2D eigenvalue weighted by Gasteiger charge is 2.49. The van der Waals surface area contributed by atoms with Gasteiger partial charge in [0.1, 0.15) is 6.33 Å². The van der Waals surface area contributed by atoms with E-state index in [1.54, 1.807) is 4.68 Å². The molecular formula is C7H10N4O2. The lowest BCUT2D eigenvalue weighted by Crippen LogP contribution is -2.17. The lowest BCUT2D eigenvalue weighted by Gasteiger charge is -2.07. The molecule has 1 aliphatic rings. The monoisotopic (exact) mass is 182 g/mol. The first kappa shape index (κ1) is 8.15. The summed E-state index contributed by atoms with van der Waals surface area (Å²) in [7, 11) is 0. The van der Waals surface area contributed by atoms with Crippen LogP contribution in [0.5, 0.6) is 0 Å². The zero-order chi connectivity index (χ0) is 9.31. The second-order valence-electron chi connectivity index (χ2n) is 3.41. The fourth-order valence-corrected chi connectivity index (χ4v) is 1.33. The van der Waals surface area contributed by atoms with Gasteiger partial charge in [-0.1, -0.05) is 0 Å². The van der Waals surface area contributed by atoms with E-state index in [-0.39, 0.29) is 0 Å². The highest BCUT2D eigenvalue weighted by Crippen LogP contribution is 2.49. The minimum Gasteiger partial charge on any atom is -0.481 e. The van der Waals surface area contributed by atoms with Crippen molar-refractivity contribution in [3.8, 4) is 0 Å². The number of carboxylic acid groups (broad SMARTS) is 1. The molecule has 1 fully saturated rings. The summed E-state index contributed by atoms with van der Waals surface area (Å²) >= 11 is 0. The second kappa shape index (κ2) is 2.79. The van der Waals surface area contributed by atoms with Gasteiger partial charge in [0, 0.05) is 6.54 Å². The van der Waals surface area contributed by atoms with Gasteiger partial charge in [-0.05, 0) is 29.7 Å². The van der Waals surface area contributed by atoms with Crippen LogP contribution in [0, 0.1) is 5.41 Å². The maximum atomic E-state index is 10.8. The van der Waals surface area contributed by atoms with E-state index in [1.165, 1.54) is 6.33 Å². The Kier molecular flexibility index (Phi) is 1.75. The quantitative estimate of drug-likeness (QED) is 0.704. The van der Waals surface area contributed by atoms with Crippen molar-refractivity contribution in [3.05, 3.63) is 6.33 Å². The molecule has 0 saturated heterocycles. The van der Waals surface area contributed by atoms with Crippen LogP contribution in [0.25, 0.3) is 0 Å². The highest BCUT2D eigenvalue weighted by atomic mass is 16.4. The molecule has 0 atom stereocenters. The number of aromatic nitrogens is 4. The number of aryl methyl sites for hydroxylation is 1. The van der Waals surface area contributed by atoms with Crippen LogP contribution in [0.15, 0.2) is 6.33 Å². The lowest BCUT2D eigenvalue weighted by molar-refractivity contribution is -0.143. The van der Waals surface area contributed by atoms with E-state index in [0.29, 0.717) is 13.0 Å². The zero-order valence-corrected chi connectivity index (χ0v) is 7.05. The summed E-state index contributed by atoms with van der Waals surface area (Å²) in [6.07, 6.45) is 3.68. The first-order valence-electron chi connectivity index (χ1n) is 4.17. The molecule has 0 amide bonds. The molecule has 0 aromatic carbocycles. The van der Waals surface area contributed by atoms with Gasteiger partial charge in [0.15, 0.2) is 0 Å². The molecule has 1 aliphatic carbocycles. The molecule has 0 radical (unpaired) electrons. The van der Waals surface area contributed by atoms with Crippen molar-refractivity contribution in [3.63, 3.8) is 0 Å². The van der Waals surface area contributed by atoms with Crippen molar-refractivity contribution in [2.45, 2.75) is 25.8 Å². The molecule has 70 valence electrons. The Morgan fingerprint density at radius 1 is 1.62 bits per heavy atom. The summed E-state index contributed by atoms with van der Waals surface area (Å²) in [5, 5.41) is 19.5. The third kappa shape index (κ3) is 1.51. The molecule has 0 unspecified atom stereocenters. The molecule has 1 aromatic heterocycles. The third-order valence-corrected chi connectivity index (χ3v) is 2.52. The first-order valence-corrected chi connectivity index (χ1v) is 4.17. The minimum absolute atomic E-state index is 0.480. The molecular weight excluding hydrogens is 172 g/mol. The number of hydrogen-bond donors (Lipinski definition) is 1. The largest absolute Gasteiger partial charge is 0.481 e. The molecule has 0 bridgehead atoms. The van der Waals surface area contributed by atoms with Gasteiger partial charge in [-0.25, -0.2) is 4.68 Å². The number of tetrazole rings is 1. The predicted molar refractivity (Wildman–Crippen MR) is 41.7 cm³/mol. The summed E-state index contributed by atoms with van der Waals surface area (Å²) in [5.74, 6) is -0.694. The van der Waals surface area contributed by atoms with Crippen LogP contribution in [-0.2, 0) is 11.3 Å². The normalized spacial score (nSPS) is 18.5. The summed E-state index contributed by atoms with van der Waals surface area (Å²) < 4.78 is 1.56. The van der Waals surface area contributed by atoms with Crippen LogP contribution in [-0.4, -0.2) is 31.3 Å². The molecule has 0 spiro atoms. The topological polar surface area (TPSA) is 80.9 Å².